The van der Waals surface area contributed by atoms with E-state index in [1.54, 1.807) is 0 Å². The van der Waals surface area contributed by atoms with Crippen LogP contribution < -0.4 is 0 Å². The third-order valence-electron chi connectivity index (χ3n) is 3.48. The van der Waals surface area contributed by atoms with Crippen LogP contribution in [0, 0.1) is 17.8 Å². The minimum atomic E-state index is -0.472. The van der Waals surface area contributed by atoms with E-state index in [1.807, 2.05) is 0 Å². The van der Waals surface area contributed by atoms with Crippen LogP contribution in [0.2, 0.25) is 0 Å². The molecule has 2 fully saturated rings. The Balaban J connectivity index is 1.79. The second-order valence-electron chi connectivity index (χ2n) is 4.39. The molecule has 1 heteroatoms. The van der Waals surface area contributed by atoms with Gasteiger partial charge in [-0.15, -0.1) is 0 Å². The molecule has 0 aliphatic heterocycles. The van der Waals surface area contributed by atoms with Gasteiger partial charge in [0.15, 0.2) is 0 Å². The summed E-state index contributed by atoms with van der Waals surface area (Å²) in [5.74, 6) is 2.82. The molecule has 0 bridgehead atoms. The maximum Gasteiger partial charge on any atom is 0.100 e. The lowest BCUT2D eigenvalue weighted by Gasteiger charge is -2.24. The van der Waals surface area contributed by atoms with Crippen molar-refractivity contribution in [3.8, 4) is 0 Å². The largest absolute Gasteiger partial charge is 0.247 e. The Morgan fingerprint density at radius 1 is 1.09 bits per heavy atom. The molecule has 11 heavy (non-hydrogen) atoms. The van der Waals surface area contributed by atoms with Crippen LogP contribution in [0.4, 0.5) is 4.39 Å². The summed E-state index contributed by atoms with van der Waals surface area (Å²) in [6, 6.07) is 0. The normalized spacial score (nSPS) is 50.7. The van der Waals surface area contributed by atoms with Crippen molar-refractivity contribution in [2.75, 3.05) is 0 Å². The van der Waals surface area contributed by atoms with Crippen LogP contribution in [0.15, 0.2) is 0 Å². The summed E-state index contributed by atoms with van der Waals surface area (Å²) in [6.45, 7) is 2.33. The first-order valence-electron chi connectivity index (χ1n) is 4.91. The fraction of sp³-hybridized carbons (Fsp3) is 1.00. The van der Waals surface area contributed by atoms with Crippen molar-refractivity contribution >= 4 is 0 Å². The molecule has 0 aromatic rings. The first-order chi connectivity index (χ1) is 5.27. The lowest BCUT2D eigenvalue weighted by Crippen LogP contribution is -2.16. The van der Waals surface area contributed by atoms with E-state index in [0.29, 0.717) is 0 Å². The Bertz CT molecular complexity index is 136. The molecule has 2 atom stereocenters. The highest BCUT2D eigenvalue weighted by atomic mass is 19.1. The summed E-state index contributed by atoms with van der Waals surface area (Å²) in [6.07, 6.45) is 4.95. The molecule has 0 amide bonds. The molecule has 0 aromatic heterocycles. The summed E-state index contributed by atoms with van der Waals surface area (Å²) in [4.78, 5) is 0. The lowest BCUT2D eigenvalue weighted by atomic mass is 9.84. The molecular formula is C10H17F. The van der Waals surface area contributed by atoms with E-state index >= 15 is 0 Å². The highest BCUT2D eigenvalue weighted by Gasteiger charge is 2.40. The standard InChI is InChI=1S/C10H17F/c1-7-6-10(7)8-2-4-9(11)5-3-8/h7-10H,2-6H2,1H3. The molecule has 0 N–H and O–H groups in total. The summed E-state index contributed by atoms with van der Waals surface area (Å²) in [5.41, 5.74) is 0. The predicted molar refractivity (Wildman–Crippen MR) is 44.1 cm³/mol. The van der Waals surface area contributed by atoms with Gasteiger partial charge in [-0.2, -0.15) is 0 Å². The average Bonchev–Trinajstić information content (AvgIpc) is 2.69. The van der Waals surface area contributed by atoms with Gasteiger partial charge in [-0.1, -0.05) is 6.92 Å². The molecular weight excluding hydrogens is 139 g/mol. The molecule has 2 saturated carbocycles. The Hall–Kier alpha value is -0.0700. The molecule has 0 aromatic carbocycles. The fourth-order valence-corrected chi connectivity index (χ4v) is 2.51. The monoisotopic (exact) mass is 156 g/mol. The molecule has 0 spiro atoms. The van der Waals surface area contributed by atoms with Gasteiger partial charge >= 0.3 is 0 Å². The number of hydrogen-bond acceptors (Lipinski definition) is 0. The Labute approximate surface area is 68.2 Å². The highest BCUT2D eigenvalue weighted by molar-refractivity contribution is 4.90. The number of halogens is 1. The van der Waals surface area contributed by atoms with Gasteiger partial charge in [0.05, 0.1) is 0 Å². The van der Waals surface area contributed by atoms with E-state index < -0.39 is 6.17 Å². The highest BCUT2D eigenvalue weighted by Crippen LogP contribution is 2.49. The average molecular weight is 156 g/mol. The Kier molecular flexibility index (Phi) is 1.90. The van der Waals surface area contributed by atoms with E-state index in [4.69, 9.17) is 0 Å². The first kappa shape index (κ1) is 7.57. The van der Waals surface area contributed by atoms with Gasteiger partial charge in [0, 0.05) is 0 Å². The molecule has 0 heterocycles. The summed E-state index contributed by atoms with van der Waals surface area (Å²) in [7, 11) is 0. The van der Waals surface area contributed by atoms with Crippen LogP contribution in [-0.2, 0) is 0 Å². The van der Waals surface area contributed by atoms with Gasteiger partial charge in [0.2, 0.25) is 0 Å². The topological polar surface area (TPSA) is 0 Å². The van der Waals surface area contributed by atoms with E-state index in [1.165, 1.54) is 6.42 Å². The van der Waals surface area contributed by atoms with Crippen molar-refractivity contribution < 1.29 is 4.39 Å². The zero-order valence-corrected chi connectivity index (χ0v) is 7.22. The Morgan fingerprint density at radius 3 is 2.09 bits per heavy atom. The van der Waals surface area contributed by atoms with Crippen molar-refractivity contribution in [1.29, 1.82) is 0 Å². The van der Waals surface area contributed by atoms with Gasteiger partial charge in [-0.05, 0) is 49.9 Å². The first-order valence-corrected chi connectivity index (χ1v) is 4.91. The molecule has 64 valence electrons. The summed E-state index contributed by atoms with van der Waals surface area (Å²) in [5, 5.41) is 0. The van der Waals surface area contributed by atoms with Crippen LogP contribution >= 0.6 is 0 Å². The molecule has 0 nitrogen and oxygen atoms in total. The summed E-state index contributed by atoms with van der Waals surface area (Å²) < 4.78 is 12.7. The van der Waals surface area contributed by atoms with E-state index in [2.05, 4.69) is 6.92 Å². The fourth-order valence-electron chi connectivity index (χ4n) is 2.51. The van der Waals surface area contributed by atoms with Crippen LogP contribution in [0.5, 0.6) is 0 Å². The quantitative estimate of drug-likeness (QED) is 0.547. The maximum absolute atomic E-state index is 12.7. The second kappa shape index (κ2) is 2.76. The van der Waals surface area contributed by atoms with Crippen molar-refractivity contribution in [3.63, 3.8) is 0 Å². The smallest absolute Gasteiger partial charge is 0.100 e. The number of hydrogen-bond donors (Lipinski definition) is 0. The summed E-state index contributed by atoms with van der Waals surface area (Å²) >= 11 is 0. The zero-order chi connectivity index (χ0) is 7.84. The van der Waals surface area contributed by atoms with Crippen LogP contribution in [0.25, 0.3) is 0 Å². The van der Waals surface area contributed by atoms with E-state index in [9.17, 15) is 4.39 Å². The second-order valence-corrected chi connectivity index (χ2v) is 4.39. The van der Waals surface area contributed by atoms with Crippen LogP contribution in [0.1, 0.15) is 39.0 Å². The molecule has 0 radical (unpaired) electrons. The number of alkyl halides is 1. The van der Waals surface area contributed by atoms with Gasteiger partial charge in [-0.3, -0.25) is 0 Å². The minimum absolute atomic E-state index is 0.472. The third-order valence-corrected chi connectivity index (χ3v) is 3.48. The third kappa shape index (κ3) is 1.57. The molecule has 2 aliphatic rings. The van der Waals surface area contributed by atoms with Crippen LogP contribution in [0.3, 0.4) is 0 Å². The van der Waals surface area contributed by atoms with Crippen molar-refractivity contribution in [1.82, 2.24) is 0 Å². The number of rotatable bonds is 1. The maximum atomic E-state index is 12.7. The molecule has 2 unspecified atom stereocenters. The lowest BCUT2D eigenvalue weighted by molar-refractivity contribution is 0.191. The zero-order valence-electron chi connectivity index (χ0n) is 7.22. The molecule has 2 rings (SSSR count). The van der Waals surface area contributed by atoms with Crippen LogP contribution in [-0.4, -0.2) is 6.17 Å². The molecule has 2 aliphatic carbocycles. The predicted octanol–water partition coefficient (Wildman–Crippen LogP) is 3.17. The van der Waals surface area contributed by atoms with E-state index in [-0.39, 0.29) is 0 Å². The van der Waals surface area contributed by atoms with Crippen molar-refractivity contribution in [2.45, 2.75) is 45.2 Å². The van der Waals surface area contributed by atoms with E-state index in [0.717, 1.165) is 43.4 Å². The molecule has 0 saturated heterocycles. The van der Waals surface area contributed by atoms with Gasteiger partial charge in [0.25, 0.3) is 0 Å². The minimum Gasteiger partial charge on any atom is -0.247 e. The SMILES string of the molecule is CC1CC1C1CCC(F)CC1. The van der Waals surface area contributed by atoms with Gasteiger partial charge < -0.3 is 0 Å². The Morgan fingerprint density at radius 2 is 1.64 bits per heavy atom. The van der Waals surface area contributed by atoms with Gasteiger partial charge in [0.1, 0.15) is 6.17 Å². The van der Waals surface area contributed by atoms with Crippen molar-refractivity contribution in [2.24, 2.45) is 17.8 Å². The van der Waals surface area contributed by atoms with Crippen molar-refractivity contribution in [3.05, 3.63) is 0 Å². The van der Waals surface area contributed by atoms with Gasteiger partial charge in [-0.25, -0.2) is 4.39 Å².